The predicted octanol–water partition coefficient (Wildman–Crippen LogP) is 6.88. The number of amides is 4. The van der Waals surface area contributed by atoms with Crippen molar-refractivity contribution in [2.24, 2.45) is 0 Å². The Kier molecular flexibility index (Phi) is 9.06. The predicted molar refractivity (Wildman–Crippen MR) is 170 cm³/mol. The number of ether oxygens (including phenoxy) is 3. The summed E-state index contributed by atoms with van der Waals surface area (Å²) in [7, 11) is 0. The fraction of sp³-hybridized carbons (Fsp3) is 0.182. The number of hydrogen-bond acceptors (Lipinski definition) is 6. The molecule has 9 heteroatoms. The number of anilines is 1. The molecule has 0 atom stereocenters. The number of benzene rings is 4. The van der Waals surface area contributed by atoms with Crippen LogP contribution in [0.25, 0.3) is 16.8 Å². The molecule has 42 heavy (non-hydrogen) atoms. The number of hydrogen-bond donors (Lipinski definition) is 1. The summed E-state index contributed by atoms with van der Waals surface area (Å²) >= 11 is 2.15. The van der Waals surface area contributed by atoms with Crippen LogP contribution in [0.15, 0.2) is 84.4 Å². The van der Waals surface area contributed by atoms with Gasteiger partial charge < -0.3 is 14.2 Å². The highest BCUT2D eigenvalue weighted by molar-refractivity contribution is 14.1. The molecule has 0 aromatic heterocycles. The first-order chi connectivity index (χ1) is 20.4. The zero-order valence-corrected chi connectivity index (χ0v) is 25.3. The lowest BCUT2D eigenvalue weighted by Gasteiger charge is -2.26. The van der Waals surface area contributed by atoms with Gasteiger partial charge in [0.1, 0.15) is 17.9 Å². The van der Waals surface area contributed by atoms with Gasteiger partial charge in [-0.1, -0.05) is 49.4 Å². The standard InChI is InChI=1S/C33H29IN2O6/c1-3-16-41-25-14-12-24(13-15-25)36-32(38)27(31(37)35-33(36)39)17-21-18-28(34)30(29(19-21)40-4-2)42-20-23-10-7-9-22-8-5-6-11-26(22)23/h5-15,17-19H,3-4,16,20H2,1-2H3,(H,35,37,39)/b27-17-. The number of nitrogens with zero attached hydrogens (tertiary/aromatic N) is 1. The van der Waals surface area contributed by atoms with Crippen molar-refractivity contribution in [3.63, 3.8) is 0 Å². The summed E-state index contributed by atoms with van der Waals surface area (Å²) in [6.07, 6.45) is 2.31. The van der Waals surface area contributed by atoms with E-state index < -0.39 is 17.8 Å². The maximum Gasteiger partial charge on any atom is 0.335 e. The molecule has 5 rings (SSSR count). The molecule has 0 aliphatic carbocycles. The highest BCUT2D eigenvalue weighted by atomic mass is 127. The van der Waals surface area contributed by atoms with Crippen LogP contribution in [0.3, 0.4) is 0 Å². The smallest absolute Gasteiger partial charge is 0.335 e. The second-order valence-corrected chi connectivity index (χ2v) is 10.7. The van der Waals surface area contributed by atoms with E-state index in [4.69, 9.17) is 14.2 Å². The normalized spacial score (nSPS) is 14.3. The van der Waals surface area contributed by atoms with E-state index in [-0.39, 0.29) is 5.57 Å². The molecule has 4 aromatic rings. The van der Waals surface area contributed by atoms with Crippen LogP contribution in [0.5, 0.6) is 17.2 Å². The van der Waals surface area contributed by atoms with Crippen LogP contribution < -0.4 is 24.4 Å². The van der Waals surface area contributed by atoms with E-state index in [2.05, 4.69) is 46.1 Å². The molecule has 0 saturated carbocycles. The number of rotatable bonds is 10. The van der Waals surface area contributed by atoms with E-state index in [1.807, 2.05) is 38.1 Å². The number of nitrogens with one attached hydrogen (secondary N) is 1. The molecule has 1 N–H and O–H groups in total. The van der Waals surface area contributed by atoms with Crippen LogP contribution in [0.1, 0.15) is 31.4 Å². The molecular weight excluding hydrogens is 647 g/mol. The van der Waals surface area contributed by atoms with Crippen molar-refractivity contribution < 1.29 is 28.6 Å². The minimum atomic E-state index is -0.814. The molecule has 8 nitrogen and oxygen atoms in total. The summed E-state index contributed by atoms with van der Waals surface area (Å²) in [5.41, 5.74) is 1.73. The number of fused-ring (bicyclic) bond motifs is 1. The molecule has 4 aromatic carbocycles. The van der Waals surface area contributed by atoms with Crippen LogP contribution in [0, 0.1) is 3.57 Å². The zero-order chi connectivity index (χ0) is 29.6. The number of urea groups is 1. The van der Waals surface area contributed by atoms with E-state index in [0.717, 1.165) is 31.2 Å². The first-order valence-corrected chi connectivity index (χ1v) is 14.7. The molecule has 214 valence electrons. The van der Waals surface area contributed by atoms with Gasteiger partial charge in [0.25, 0.3) is 11.8 Å². The SMILES string of the molecule is CCCOc1ccc(N2C(=O)NC(=O)/C(=C/c3cc(I)c(OCc4cccc5ccccc45)c(OCC)c3)C2=O)cc1. The third kappa shape index (κ3) is 6.25. The maximum absolute atomic E-state index is 13.4. The van der Waals surface area contributed by atoms with Crippen molar-refractivity contribution >= 4 is 63.0 Å². The van der Waals surface area contributed by atoms with Crippen molar-refractivity contribution in [1.29, 1.82) is 0 Å². The van der Waals surface area contributed by atoms with Gasteiger partial charge in [-0.05, 0) is 100 Å². The molecule has 1 heterocycles. The van der Waals surface area contributed by atoms with E-state index >= 15 is 0 Å². The number of barbiturate groups is 1. The van der Waals surface area contributed by atoms with Gasteiger partial charge in [-0.15, -0.1) is 0 Å². The van der Waals surface area contributed by atoms with Crippen molar-refractivity contribution in [2.75, 3.05) is 18.1 Å². The maximum atomic E-state index is 13.4. The van der Waals surface area contributed by atoms with Crippen molar-refractivity contribution in [3.05, 3.63) is 99.1 Å². The fourth-order valence-electron chi connectivity index (χ4n) is 4.61. The van der Waals surface area contributed by atoms with Gasteiger partial charge in [0.05, 0.1) is 22.5 Å². The highest BCUT2D eigenvalue weighted by Crippen LogP contribution is 2.36. The molecule has 0 bridgehead atoms. The molecule has 4 amide bonds. The molecule has 1 aliphatic rings. The van der Waals surface area contributed by atoms with E-state index in [1.165, 1.54) is 6.08 Å². The first-order valence-electron chi connectivity index (χ1n) is 13.6. The third-order valence-electron chi connectivity index (χ3n) is 6.56. The van der Waals surface area contributed by atoms with Gasteiger partial charge in [-0.3, -0.25) is 14.9 Å². The summed E-state index contributed by atoms with van der Waals surface area (Å²) in [5, 5.41) is 4.50. The molecule has 0 unspecified atom stereocenters. The molecule has 1 saturated heterocycles. The quantitative estimate of drug-likeness (QED) is 0.112. The Balaban J connectivity index is 1.42. The summed E-state index contributed by atoms with van der Waals surface area (Å²) < 4.78 is 18.5. The minimum absolute atomic E-state index is 0.177. The summed E-state index contributed by atoms with van der Waals surface area (Å²) in [6, 6.07) is 23.5. The largest absolute Gasteiger partial charge is 0.494 e. The topological polar surface area (TPSA) is 94.2 Å². The lowest BCUT2D eigenvalue weighted by atomic mass is 10.1. The molecule has 0 radical (unpaired) electrons. The Morgan fingerprint density at radius 3 is 2.40 bits per heavy atom. The summed E-state index contributed by atoms with van der Waals surface area (Å²) in [4.78, 5) is 39.8. The van der Waals surface area contributed by atoms with Gasteiger partial charge in [-0.25, -0.2) is 9.69 Å². The summed E-state index contributed by atoms with van der Waals surface area (Å²) in [5.74, 6) is 0.173. The average Bonchev–Trinajstić information content (AvgIpc) is 2.98. The molecular formula is C33H29IN2O6. The zero-order valence-electron chi connectivity index (χ0n) is 23.2. The second kappa shape index (κ2) is 13.1. The highest BCUT2D eigenvalue weighted by Gasteiger charge is 2.37. The number of carbonyl (C=O) groups excluding carboxylic acids is 3. The molecule has 0 spiro atoms. The third-order valence-corrected chi connectivity index (χ3v) is 7.37. The van der Waals surface area contributed by atoms with Crippen molar-refractivity contribution in [2.45, 2.75) is 26.9 Å². The summed E-state index contributed by atoms with van der Waals surface area (Å²) in [6.45, 7) is 5.14. The Hall–Kier alpha value is -4.38. The van der Waals surface area contributed by atoms with Crippen LogP contribution in [0.4, 0.5) is 10.5 Å². The molecule has 1 fully saturated rings. The van der Waals surface area contributed by atoms with E-state index in [9.17, 15) is 14.4 Å². The Bertz CT molecular complexity index is 1680. The monoisotopic (exact) mass is 676 g/mol. The fourth-order valence-corrected chi connectivity index (χ4v) is 5.39. The van der Waals surface area contributed by atoms with Gasteiger partial charge >= 0.3 is 6.03 Å². The van der Waals surface area contributed by atoms with Crippen molar-refractivity contribution in [1.82, 2.24) is 5.32 Å². The van der Waals surface area contributed by atoms with Crippen LogP contribution >= 0.6 is 22.6 Å². The van der Waals surface area contributed by atoms with Gasteiger partial charge in [0, 0.05) is 0 Å². The van der Waals surface area contributed by atoms with Crippen LogP contribution in [-0.4, -0.2) is 31.1 Å². The van der Waals surface area contributed by atoms with Crippen molar-refractivity contribution in [3.8, 4) is 17.2 Å². The number of imide groups is 2. The number of carbonyl (C=O) groups is 3. The van der Waals surface area contributed by atoms with Gasteiger partial charge in [0.15, 0.2) is 11.5 Å². The lowest BCUT2D eigenvalue weighted by molar-refractivity contribution is -0.122. The average molecular weight is 677 g/mol. The van der Waals surface area contributed by atoms with Gasteiger partial charge in [-0.2, -0.15) is 0 Å². The second-order valence-electron chi connectivity index (χ2n) is 9.49. The van der Waals surface area contributed by atoms with E-state index in [0.29, 0.717) is 48.3 Å². The van der Waals surface area contributed by atoms with Crippen LogP contribution in [-0.2, 0) is 16.2 Å². The Morgan fingerprint density at radius 1 is 0.881 bits per heavy atom. The molecule has 1 aliphatic heterocycles. The number of halogens is 1. The Morgan fingerprint density at radius 2 is 1.64 bits per heavy atom. The Labute approximate surface area is 257 Å². The first kappa shape index (κ1) is 29.1. The van der Waals surface area contributed by atoms with E-state index in [1.54, 1.807) is 36.4 Å². The van der Waals surface area contributed by atoms with Gasteiger partial charge in [0.2, 0.25) is 0 Å². The van der Waals surface area contributed by atoms with Crippen LogP contribution in [0.2, 0.25) is 0 Å². The minimum Gasteiger partial charge on any atom is -0.494 e. The lowest BCUT2D eigenvalue weighted by Crippen LogP contribution is -2.54.